The van der Waals surface area contributed by atoms with Gasteiger partial charge in [-0.2, -0.15) is 0 Å². The molecule has 1 fully saturated rings. The summed E-state index contributed by atoms with van der Waals surface area (Å²) >= 11 is 0. The van der Waals surface area contributed by atoms with Crippen LogP contribution in [-0.4, -0.2) is 40.8 Å². The number of aryl methyl sites for hydroxylation is 1. The molecular formula is C23H25N2O3+. The van der Waals surface area contributed by atoms with Crippen LogP contribution in [0.5, 0.6) is 0 Å². The lowest BCUT2D eigenvalue weighted by Gasteiger charge is -2.23. The summed E-state index contributed by atoms with van der Waals surface area (Å²) in [6, 6.07) is 8.11. The largest absolute Gasteiger partial charge is 0.465 e. The molecule has 28 heavy (non-hydrogen) atoms. The van der Waals surface area contributed by atoms with Crippen molar-refractivity contribution in [1.29, 1.82) is 0 Å². The Balaban J connectivity index is 1.61. The average molecular weight is 377 g/mol. The van der Waals surface area contributed by atoms with E-state index >= 15 is 0 Å². The number of nitrogens with zero attached hydrogens (tertiary/aromatic N) is 1. The zero-order valence-corrected chi connectivity index (χ0v) is 16.1. The second kappa shape index (κ2) is 7.97. The molecule has 5 heteroatoms. The van der Waals surface area contributed by atoms with Crippen LogP contribution in [-0.2, 0) is 14.3 Å². The predicted molar refractivity (Wildman–Crippen MR) is 108 cm³/mol. The Kier molecular flexibility index (Phi) is 5.24. The Labute approximate surface area is 165 Å². The summed E-state index contributed by atoms with van der Waals surface area (Å²) < 4.78 is 7.50. The van der Waals surface area contributed by atoms with Gasteiger partial charge in [-0.3, -0.25) is 4.79 Å². The first kappa shape index (κ1) is 18.4. The van der Waals surface area contributed by atoms with Gasteiger partial charge in [-0.25, -0.2) is 4.79 Å². The molecule has 1 aliphatic heterocycles. The van der Waals surface area contributed by atoms with Gasteiger partial charge in [0.2, 0.25) is 24.1 Å². The van der Waals surface area contributed by atoms with Crippen molar-refractivity contribution in [2.45, 2.75) is 44.8 Å². The Bertz CT molecular complexity index is 918. The highest BCUT2D eigenvalue weighted by Crippen LogP contribution is 2.21. The maximum atomic E-state index is 13.1. The smallest absolute Gasteiger partial charge is 0.455 e. The Hall–Kier alpha value is -2.95. The van der Waals surface area contributed by atoms with Gasteiger partial charge < -0.3 is 10.1 Å². The number of allylic oxidation sites excluding steroid dienone is 2. The number of nitrogens with one attached hydrogen (secondary N) is 1. The molecule has 0 spiro atoms. The molecule has 3 aliphatic rings. The van der Waals surface area contributed by atoms with E-state index in [1.54, 1.807) is 10.7 Å². The lowest BCUT2D eigenvalue weighted by atomic mass is 10.1. The van der Waals surface area contributed by atoms with Gasteiger partial charge in [0.15, 0.2) is 0 Å². The first-order valence-electron chi connectivity index (χ1n) is 9.88. The van der Waals surface area contributed by atoms with Gasteiger partial charge in [0, 0.05) is 12.1 Å². The van der Waals surface area contributed by atoms with Crippen molar-refractivity contribution < 1.29 is 18.9 Å². The number of carbonyl (C=O) groups excluding carboxylic acids is 2. The van der Waals surface area contributed by atoms with Crippen molar-refractivity contribution in [3.05, 3.63) is 65.5 Å². The van der Waals surface area contributed by atoms with E-state index in [9.17, 15) is 9.59 Å². The van der Waals surface area contributed by atoms with E-state index in [0.717, 1.165) is 36.8 Å². The molecule has 1 aromatic rings. The average Bonchev–Trinajstić information content (AvgIpc) is 3.18. The number of benzene rings is 1. The zero-order valence-electron chi connectivity index (χ0n) is 16.1. The lowest BCUT2D eigenvalue weighted by Crippen LogP contribution is -2.47. The normalized spacial score (nSPS) is 23.1. The third-order valence-electron chi connectivity index (χ3n) is 5.34. The van der Waals surface area contributed by atoms with Crippen LogP contribution in [0.25, 0.3) is 6.08 Å². The van der Waals surface area contributed by atoms with Crippen LogP contribution in [0, 0.1) is 6.92 Å². The van der Waals surface area contributed by atoms with E-state index < -0.39 is 0 Å². The van der Waals surface area contributed by atoms with Gasteiger partial charge in [-0.05, 0) is 37.5 Å². The zero-order chi connectivity index (χ0) is 19.5. The molecule has 2 amide bonds. The van der Waals surface area contributed by atoms with Crippen molar-refractivity contribution in [2.24, 2.45) is 0 Å². The van der Waals surface area contributed by atoms with E-state index in [-0.39, 0.29) is 36.3 Å². The Morgan fingerprint density at radius 3 is 2.89 bits per heavy atom. The molecule has 1 heterocycles. The third kappa shape index (κ3) is 3.98. The molecule has 1 saturated carbocycles. The second-order valence-electron chi connectivity index (χ2n) is 7.57. The second-order valence-corrected chi connectivity index (χ2v) is 7.57. The first-order valence-corrected chi connectivity index (χ1v) is 9.88. The fraction of sp³-hybridized carbons (Fsp3) is 0.348. The minimum Gasteiger partial charge on any atom is -0.465 e. The topological polar surface area (TPSA) is 58.4 Å². The summed E-state index contributed by atoms with van der Waals surface area (Å²) in [4.78, 5) is 25.7. The quantitative estimate of drug-likeness (QED) is 0.648. The number of fused-ring (bicyclic) bond motifs is 1. The van der Waals surface area contributed by atoms with Crippen molar-refractivity contribution >= 4 is 23.6 Å². The number of rotatable bonds is 4. The molecule has 144 valence electrons. The Morgan fingerprint density at radius 1 is 1.29 bits per heavy atom. The van der Waals surface area contributed by atoms with Gasteiger partial charge in [0.25, 0.3) is 5.91 Å². The summed E-state index contributed by atoms with van der Waals surface area (Å²) in [7, 11) is 0. The van der Waals surface area contributed by atoms with Crippen molar-refractivity contribution in [2.75, 3.05) is 6.54 Å². The van der Waals surface area contributed by atoms with Crippen LogP contribution in [0.3, 0.4) is 0 Å². The van der Waals surface area contributed by atoms with Gasteiger partial charge >= 0.3 is 5.91 Å². The molecule has 0 saturated heterocycles. The maximum absolute atomic E-state index is 13.1. The first-order chi connectivity index (χ1) is 13.6. The van der Waals surface area contributed by atoms with E-state index in [1.165, 1.54) is 0 Å². The van der Waals surface area contributed by atoms with E-state index in [0.29, 0.717) is 5.71 Å². The van der Waals surface area contributed by atoms with E-state index in [1.807, 2.05) is 55.5 Å². The highest BCUT2D eigenvalue weighted by Gasteiger charge is 2.40. The molecule has 1 atom stereocenters. The van der Waals surface area contributed by atoms with Crippen molar-refractivity contribution in [1.82, 2.24) is 5.32 Å². The van der Waals surface area contributed by atoms with Crippen molar-refractivity contribution in [3.63, 3.8) is 0 Å². The minimum absolute atomic E-state index is 0.00780. The number of ether oxygens (including phenoxy) is 1. The van der Waals surface area contributed by atoms with Gasteiger partial charge in [0.05, 0.1) is 0 Å². The summed E-state index contributed by atoms with van der Waals surface area (Å²) in [6.07, 6.45) is 13.2. The minimum atomic E-state index is -0.363. The summed E-state index contributed by atoms with van der Waals surface area (Å²) in [5.41, 5.74) is 2.71. The van der Waals surface area contributed by atoms with Crippen LogP contribution in [0.15, 0.2) is 54.3 Å². The monoisotopic (exact) mass is 377 g/mol. The highest BCUT2D eigenvalue weighted by molar-refractivity contribution is 6.06. The maximum Gasteiger partial charge on any atom is 0.455 e. The molecular weight excluding hydrogens is 352 g/mol. The molecule has 1 aromatic carbocycles. The molecule has 0 aromatic heterocycles. The molecule has 1 unspecified atom stereocenters. The Morgan fingerprint density at radius 2 is 2.11 bits per heavy atom. The molecule has 4 rings (SSSR count). The van der Waals surface area contributed by atoms with E-state index in [2.05, 4.69) is 5.32 Å². The molecule has 0 bridgehead atoms. The number of hydrogen-bond donors (Lipinski definition) is 1. The van der Waals surface area contributed by atoms with Crippen LogP contribution < -0.4 is 5.32 Å². The summed E-state index contributed by atoms with van der Waals surface area (Å²) in [5, 5.41) is 3.07. The molecule has 1 N–H and O–H groups in total. The fourth-order valence-electron chi connectivity index (χ4n) is 3.95. The van der Waals surface area contributed by atoms with Gasteiger partial charge in [0.1, 0.15) is 0 Å². The standard InChI is InChI=1S/C23H24N2O3/c1-16-7-6-8-17(13-16)14-21-23(27)25(19-11-4-5-12-20(19)28-21)15-22(26)24-18-9-2-3-10-18/h4-8,11-14,18,20H,2-3,9-10,15H2,1H3/p+1/b21-14+. The molecule has 2 aliphatic carbocycles. The van der Waals surface area contributed by atoms with E-state index in [4.69, 9.17) is 4.74 Å². The van der Waals surface area contributed by atoms with Crippen molar-refractivity contribution in [3.8, 4) is 0 Å². The lowest BCUT2D eigenvalue weighted by molar-refractivity contribution is -0.443. The summed E-state index contributed by atoms with van der Waals surface area (Å²) in [6.45, 7) is 2.01. The van der Waals surface area contributed by atoms with Gasteiger partial charge in [-0.1, -0.05) is 54.8 Å². The number of amides is 2. The molecule has 5 nitrogen and oxygen atoms in total. The number of hydrogen-bond acceptors (Lipinski definition) is 3. The van der Waals surface area contributed by atoms with Crippen LogP contribution in [0.2, 0.25) is 0 Å². The fourth-order valence-corrected chi connectivity index (χ4v) is 3.95. The van der Waals surface area contributed by atoms with Crippen LogP contribution >= 0.6 is 0 Å². The van der Waals surface area contributed by atoms with Gasteiger partial charge in [-0.15, -0.1) is 4.58 Å². The highest BCUT2D eigenvalue weighted by atomic mass is 16.5. The third-order valence-corrected chi connectivity index (χ3v) is 5.34. The van der Waals surface area contributed by atoms with Crippen LogP contribution in [0.4, 0.5) is 0 Å². The number of carbonyl (C=O) groups is 2. The SMILES string of the molecule is Cc1cccc(/C=C2/OC3C=CC=CC3=[N+](CC(=O)NC3CCCC3)C2=O)c1. The summed E-state index contributed by atoms with van der Waals surface area (Å²) in [5.74, 6) is -0.145. The molecule has 0 radical (unpaired) electrons. The predicted octanol–water partition coefficient (Wildman–Crippen LogP) is 2.90. The van der Waals surface area contributed by atoms with Crippen LogP contribution in [0.1, 0.15) is 36.8 Å².